The number of ether oxygens (including phenoxy) is 3. The lowest BCUT2D eigenvalue weighted by atomic mass is 9.80. The molecule has 0 saturated carbocycles. The van der Waals surface area contributed by atoms with Gasteiger partial charge in [-0.1, -0.05) is 6.07 Å². The van der Waals surface area contributed by atoms with E-state index < -0.39 is 23.8 Å². The standard InChI is InChI=1S/C16H20O5/c1-4-19-15(17)13-14-12-10(7-8-20-14)9(2)5-6-11(12)21-16(13,3)18/h5-6,13-14,18H,4,7-8H2,1-3H3/t13-,14?,16-/m0/s1. The lowest BCUT2D eigenvalue weighted by Crippen LogP contribution is -2.52. The van der Waals surface area contributed by atoms with Crippen LogP contribution in [0.1, 0.15) is 36.6 Å². The molecular formula is C16H20O5. The van der Waals surface area contributed by atoms with Crippen LogP contribution in [0.15, 0.2) is 12.1 Å². The summed E-state index contributed by atoms with van der Waals surface area (Å²) in [6.07, 6.45) is 0.262. The third-order valence-corrected chi connectivity index (χ3v) is 4.22. The molecule has 0 saturated heterocycles. The van der Waals surface area contributed by atoms with Crippen LogP contribution < -0.4 is 4.74 Å². The summed E-state index contributed by atoms with van der Waals surface area (Å²) in [5, 5.41) is 10.6. The van der Waals surface area contributed by atoms with E-state index in [0.29, 0.717) is 12.4 Å². The van der Waals surface area contributed by atoms with Crippen LogP contribution >= 0.6 is 0 Å². The van der Waals surface area contributed by atoms with Crippen molar-refractivity contribution >= 4 is 5.97 Å². The summed E-state index contributed by atoms with van der Waals surface area (Å²) in [6.45, 7) is 6.03. The first-order valence-corrected chi connectivity index (χ1v) is 7.27. The molecule has 5 nitrogen and oxygen atoms in total. The predicted molar refractivity (Wildman–Crippen MR) is 75.0 cm³/mol. The van der Waals surface area contributed by atoms with E-state index in [4.69, 9.17) is 14.2 Å². The van der Waals surface area contributed by atoms with Crippen molar-refractivity contribution in [3.8, 4) is 5.75 Å². The van der Waals surface area contributed by atoms with Gasteiger partial charge in [-0.2, -0.15) is 0 Å². The number of rotatable bonds is 2. The summed E-state index contributed by atoms with van der Waals surface area (Å²) >= 11 is 0. The number of hydrogen-bond donors (Lipinski definition) is 1. The number of carbonyl (C=O) groups excluding carboxylic acids is 1. The zero-order valence-corrected chi connectivity index (χ0v) is 12.5. The van der Waals surface area contributed by atoms with Crippen LogP contribution in [0.25, 0.3) is 0 Å². The third kappa shape index (κ3) is 2.21. The molecule has 114 valence electrons. The molecule has 0 fully saturated rings. The SMILES string of the molecule is CCOC(=O)[C@@H]1C2OCCc3c(C)ccc(c32)O[C@]1(C)O. The molecule has 1 N–H and O–H groups in total. The molecule has 21 heavy (non-hydrogen) atoms. The van der Waals surface area contributed by atoms with Crippen LogP contribution in [0.4, 0.5) is 0 Å². The Morgan fingerprint density at radius 3 is 3.00 bits per heavy atom. The van der Waals surface area contributed by atoms with Gasteiger partial charge in [0.15, 0.2) is 5.92 Å². The van der Waals surface area contributed by atoms with Gasteiger partial charge in [0, 0.05) is 12.5 Å². The van der Waals surface area contributed by atoms with Crippen molar-refractivity contribution in [2.24, 2.45) is 5.92 Å². The Bertz CT molecular complexity index is 578. The van der Waals surface area contributed by atoms with Crippen molar-refractivity contribution in [3.63, 3.8) is 0 Å². The highest BCUT2D eigenvalue weighted by Crippen LogP contribution is 2.49. The Kier molecular flexibility index (Phi) is 3.42. The first kappa shape index (κ1) is 14.4. The maximum Gasteiger partial charge on any atom is 0.318 e. The smallest absolute Gasteiger partial charge is 0.318 e. The molecule has 0 amide bonds. The molecule has 0 aliphatic carbocycles. The average Bonchev–Trinajstić information content (AvgIpc) is 2.42. The Labute approximate surface area is 123 Å². The van der Waals surface area contributed by atoms with Gasteiger partial charge in [-0.25, -0.2) is 0 Å². The van der Waals surface area contributed by atoms with Gasteiger partial charge in [-0.15, -0.1) is 0 Å². The highest BCUT2D eigenvalue weighted by atomic mass is 16.6. The fraction of sp³-hybridized carbons (Fsp3) is 0.562. The molecule has 3 rings (SSSR count). The van der Waals surface area contributed by atoms with Crippen molar-refractivity contribution < 1.29 is 24.1 Å². The first-order chi connectivity index (χ1) is 9.95. The quantitative estimate of drug-likeness (QED) is 0.843. The largest absolute Gasteiger partial charge is 0.466 e. The lowest BCUT2D eigenvalue weighted by molar-refractivity contribution is -0.224. The number of aliphatic hydroxyl groups is 1. The molecule has 1 aromatic carbocycles. The van der Waals surface area contributed by atoms with E-state index in [2.05, 4.69) is 0 Å². The highest BCUT2D eigenvalue weighted by molar-refractivity contribution is 5.76. The molecule has 1 unspecified atom stereocenters. The number of esters is 1. The second-order valence-electron chi connectivity index (χ2n) is 5.70. The highest BCUT2D eigenvalue weighted by Gasteiger charge is 2.53. The summed E-state index contributed by atoms with van der Waals surface area (Å²) in [7, 11) is 0. The molecule has 2 heterocycles. The van der Waals surface area contributed by atoms with Gasteiger partial charge in [0.1, 0.15) is 11.9 Å². The van der Waals surface area contributed by atoms with Crippen molar-refractivity contribution in [1.29, 1.82) is 0 Å². The third-order valence-electron chi connectivity index (χ3n) is 4.22. The topological polar surface area (TPSA) is 65.0 Å². The van der Waals surface area contributed by atoms with Crippen molar-refractivity contribution in [3.05, 3.63) is 28.8 Å². The van der Waals surface area contributed by atoms with Crippen LogP contribution in [0, 0.1) is 12.8 Å². The fourth-order valence-corrected chi connectivity index (χ4v) is 3.26. The van der Waals surface area contributed by atoms with Gasteiger partial charge in [0.2, 0.25) is 5.79 Å². The van der Waals surface area contributed by atoms with E-state index >= 15 is 0 Å². The van der Waals surface area contributed by atoms with Crippen molar-refractivity contribution in [2.75, 3.05) is 13.2 Å². The van der Waals surface area contributed by atoms with Gasteiger partial charge < -0.3 is 19.3 Å². The molecule has 3 atom stereocenters. The Hall–Kier alpha value is -1.59. The van der Waals surface area contributed by atoms with E-state index in [1.165, 1.54) is 6.92 Å². The van der Waals surface area contributed by atoms with Crippen LogP contribution in [0.2, 0.25) is 0 Å². The maximum atomic E-state index is 12.3. The van der Waals surface area contributed by atoms with Crippen LogP contribution in [0.3, 0.4) is 0 Å². The second-order valence-corrected chi connectivity index (χ2v) is 5.70. The molecule has 0 radical (unpaired) electrons. The van der Waals surface area contributed by atoms with Crippen molar-refractivity contribution in [1.82, 2.24) is 0 Å². The lowest BCUT2D eigenvalue weighted by Gasteiger charge is -2.44. The minimum Gasteiger partial charge on any atom is -0.466 e. The van der Waals surface area contributed by atoms with Crippen LogP contribution in [-0.4, -0.2) is 30.1 Å². The van der Waals surface area contributed by atoms with Gasteiger partial charge in [0.05, 0.1) is 13.2 Å². The Morgan fingerprint density at radius 2 is 2.29 bits per heavy atom. The fourth-order valence-electron chi connectivity index (χ4n) is 3.26. The van der Waals surface area contributed by atoms with Gasteiger partial charge in [0.25, 0.3) is 0 Å². The molecule has 0 spiro atoms. The van der Waals surface area contributed by atoms with E-state index in [9.17, 15) is 9.90 Å². The molecule has 1 aromatic rings. The monoisotopic (exact) mass is 292 g/mol. The second kappa shape index (κ2) is 5.00. The van der Waals surface area contributed by atoms with E-state index in [1.54, 1.807) is 6.92 Å². The summed E-state index contributed by atoms with van der Waals surface area (Å²) in [6, 6.07) is 3.79. The number of aryl methyl sites for hydroxylation is 1. The molecule has 2 aliphatic rings. The molecule has 0 aromatic heterocycles. The average molecular weight is 292 g/mol. The summed E-state index contributed by atoms with van der Waals surface area (Å²) in [5.74, 6) is -2.43. The minimum atomic E-state index is -1.65. The summed E-state index contributed by atoms with van der Waals surface area (Å²) in [4.78, 5) is 12.3. The molecular weight excluding hydrogens is 272 g/mol. The predicted octanol–water partition coefficient (Wildman–Crippen LogP) is 1.89. The Balaban J connectivity index is 2.12. The minimum absolute atomic E-state index is 0.256. The normalized spacial score (nSPS) is 30.3. The zero-order valence-electron chi connectivity index (χ0n) is 12.5. The van der Waals surface area contributed by atoms with E-state index in [0.717, 1.165) is 23.1 Å². The molecule has 0 bridgehead atoms. The summed E-state index contributed by atoms with van der Waals surface area (Å²) < 4.78 is 16.6. The van der Waals surface area contributed by atoms with Gasteiger partial charge in [-0.05, 0) is 37.5 Å². The first-order valence-electron chi connectivity index (χ1n) is 7.27. The Morgan fingerprint density at radius 1 is 1.52 bits per heavy atom. The van der Waals surface area contributed by atoms with Crippen LogP contribution in [-0.2, 0) is 20.7 Å². The van der Waals surface area contributed by atoms with Crippen LogP contribution in [0.5, 0.6) is 5.75 Å². The van der Waals surface area contributed by atoms with Crippen molar-refractivity contribution in [2.45, 2.75) is 39.1 Å². The zero-order chi connectivity index (χ0) is 15.2. The van der Waals surface area contributed by atoms with E-state index in [-0.39, 0.29) is 6.61 Å². The number of carbonyl (C=O) groups is 1. The molecule has 5 heteroatoms. The number of hydrogen-bond acceptors (Lipinski definition) is 5. The van der Waals surface area contributed by atoms with Gasteiger partial charge >= 0.3 is 5.97 Å². The van der Waals surface area contributed by atoms with E-state index in [1.807, 2.05) is 19.1 Å². The molecule has 2 aliphatic heterocycles. The van der Waals surface area contributed by atoms with Gasteiger partial charge in [-0.3, -0.25) is 4.79 Å². The maximum absolute atomic E-state index is 12.3. The summed E-state index contributed by atoms with van der Waals surface area (Å²) in [5.41, 5.74) is 3.18. The number of benzene rings is 1.